The van der Waals surface area contributed by atoms with E-state index in [0.717, 1.165) is 12.8 Å². The lowest BCUT2D eigenvalue weighted by molar-refractivity contribution is -0.134. The van der Waals surface area contributed by atoms with E-state index >= 15 is 0 Å². The van der Waals surface area contributed by atoms with Gasteiger partial charge in [0.15, 0.2) is 0 Å². The predicted molar refractivity (Wildman–Crippen MR) is 107 cm³/mol. The minimum absolute atomic E-state index is 0.0256. The third-order valence-corrected chi connectivity index (χ3v) is 4.62. The van der Waals surface area contributed by atoms with Crippen molar-refractivity contribution in [1.29, 1.82) is 0 Å². The summed E-state index contributed by atoms with van der Waals surface area (Å²) in [6, 6.07) is 15.0. The number of anilines is 1. The SMILES string of the molecule is CCN(CC(=O)Nc1c(Cl)cccc1Cl)C(=O)CCCc1ccccc1. The Morgan fingerprint density at radius 1 is 1.00 bits per heavy atom. The zero-order chi connectivity index (χ0) is 18.9. The highest BCUT2D eigenvalue weighted by atomic mass is 35.5. The first-order valence-electron chi connectivity index (χ1n) is 8.56. The molecule has 26 heavy (non-hydrogen) atoms. The molecule has 0 aliphatic carbocycles. The van der Waals surface area contributed by atoms with E-state index in [4.69, 9.17) is 23.2 Å². The highest BCUT2D eigenvalue weighted by molar-refractivity contribution is 6.39. The Morgan fingerprint density at radius 2 is 1.65 bits per heavy atom. The van der Waals surface area contributed by atoms with Crippen molar-refractivity contribution in [1.82, 2.24) is 4.90 Å². The lowest BCUT2D eigenvalue weighted by atomic mass is 10.1. The summed E-state index contributed by atoms with van der Waals surface area (Å²) in [6.45, 7) is 2.29. The Balaban J connectivity index is 1.85. The maximum atomic E-state index is 12.4. The molecule has 0 aliphatic rings. The minimum atomic E-state index is -0.321. The van der Waals surface area contributed by atoms with E-state index in [0.29, 0.717) is 28.7 Å². The van der Waals surface area contributed by atoms with Crippen molar-refractivity contribution >= 4 is 40.7 Å². The first kappa shape index (κ1) is 20.3. The number of para-hydroxylation sites is 1. The Hall–Kier alpha value is -2.04. The monoisotopic (exact) mass is 392 g/mol. The molecule has 4 nitrogen and oxygen atoms in total. The van der Waals surface area contributed by atoms with Crippen LogP contribution in [0.4, 0.5) is 5.69 Å². The van der Waals surface area contributed by atoms with Gasteiger partial charge in [0.25, 0.3) is 0 Å². The van der Waals surface area contributed by atoms with Crippen LogP contribution in [0.3, 0.4) is 0 Å². The van der Waals surface area contributed by atoms with Crippen LogP contribution in [0, 0.1) is 0 Å². The van der Waals surface area contributed by atoms with Crippen molar-refractivity contribution in [3.8, 4) is 0 Å². The second kappa shape index (κ2) is 10.2. The fourth-order valence-corrected chi connectivity index (χ4v) is 3.08. The van der Waals surface area contributed by atoms with E-state index in [1.54, 1.807) is 18.2 Å². The zero-order valence-electron chi connectivity index (χ0n) is 14.7. The number of carbonyl (C=O) groups excluding carboxylic acids is 2. The molecule has 2 aromatic rings. The number of nitrogens with zero attached hydrogens (tertiary/aromatic N) is 1. The van der Waals surface area contributed by atoms with Gasteiger partial charge in [-0.2, -0.15) is 0 Å². The number of hydrogen-bond acceptors (Lipinski definition) is 2. The Labute approximate surface area is 164 Å². The van der Waals surface area contributed by atoms with Crippen LogP contribution in [-0.4, -0.2) is 29.8 Å². The van der Waals surface area contributed by atoms with Crippen molar-refractivity contribution in [3.63, 3.8) is 0 Å². The summed E-state index contributed by atoms with van der Waals surface area (Å²) in [5.41, 5.74) is 1.57. The molecular formula is C20H22Cl2N2O2. The molecule has 0 atom stereocenters. The van der Waals surface area contributed by atoms with Gasteiger partial charge < -0.3 is 10.2 Å². The van der Waals surface area contributed by atoms with E-state index < -0.39 is 0 Å². The molecule has 0 aliphatic heterocycles. The van der Waals surface area contributed by atoms with E-state index in [1.807, 2.05) is 37.3 Å². The van der Waals surface area contributed by atoms with Gasteiger partial charge in [-0.3, -0.25) is 9.59 Å². The quantitative estimate of drug-likeness (QED) is 0.700. The van der Waals surface area contributed by atoms with E-state index in [9.17, 15) is 9.59 Å². The molecule has 0 bridgehead atoms. The van der Waals surface area contributed by atoms with Crippen molar-refractivity contribution < 1.29 is 9.59 Å². The van der Waals surface area contributed by atoms with Gasteiger partial charge in [-0.05, 0) is 37.5 Å². The topological polar surface area (TPSA) is 49.4 Å². The minimum Gasteiger partial charge on any atom is -0.334 e. The summed E-state index contributed by atoms with van der Waals surface area (Å²) >= 11 is 12.1. The first-order chi connectivity index (χ1) is 12.5. The summed E-state index contributed by atoms with van der Waals surface area (Å²) in [7, 11) is 0. The summed E-state index contributed by atoms with van der Waals surface area (Å²) < 4.78 is 0. The van der Waals surface area contributed by atoms with Crippen LogP contribution in [0.2, 0.25) is 10.0 Å². The first-order valence-corrected chi connectivity index (χ1v) is 9.32. The lowest BCUT2D eigenvalue weighted by Gasteiger charge is -2.21. The second-order valence-corrected chi connectivity index (χ2v) is 6.71. The number of amides is 2. The van der Waals surface area contributed by atoms with Crippen LogP contribution in [-0.2, 0) is 16.0 Å². The van der Waals surface area contributed by atoms with E-state index in [-0.39, 0.29) is 18.4 Å². The van der Waals surface area contributed by atoms with Crippen LogP contribution in [0.15, 0.2) is 48.5 Å². The molecule has 2 aromatic carbocycles. The van der Waals surface area contributed by atoms with Gasteiger partial charge in [0.1, 0.15) is 0 Å². The summed E-state index contributed by atoms with van der Waals surface area (Å²) in [4.78, 5) is 26.2. The molecule has 2 rings (SSSR count). The molecular weight excluding hydrogens is 371 g/mol. The van der Waals surface area contributed by atoms with Crippen LogP contribution in [0.5, 0.6) is 0 Å². The molecule has 0 unspecified atom stereocenters. The molecule has 0 saturated heterocycles. The van der Waals surface area contributed by atoms with Gasteiger partial charge in [0.2, 0.25) is 11.8 Å². The van der Waals surface area contributed by atoms with Gasteiger partial charge in [-0.15, -0.1) is 0 Å². The number of hydrogen-bond donors (Lipinski definition) is 1. The molecule has 0 fully saturated rings. The molecule has 0 radical (unpaired) electrons. The molecule has 2 amide bonds. The molecule has 0 spiro atoms. The average molecular weight is 393 g/mol. The number of likely N-dealkylation sites (N-methyl/N-ethyl adjacent to an activating group) is 1. The standard InChI is InChI=1S/C20H22Cl2N2O2/c1-2-24(19(26)13-6-10-15-8-4-3-5-9-15)14-18(25)23-20-16(21)11-7-12-17(20)22/h3-5,7-9,11-12H,2,6,10,13-14H2,1H3,(H,23,25). The van der Waals surface area contributed by atoms with E-state index in [2.05, 4.69) is 5.32 Å². The second-order valence-electron chi connectivity index (χ2n) is 5.89. The lowest BCUT2D eigenvalue weighted by Crippen LogP contribution is -2.37. The van der Waals surface area contributed by atoms with Gasteiger partial charge in [-0.25, -0.2) is 0 Å². The number of carbonyl (C=O) groups is 2. The number of nitrogens with one attached hydrogen (secondary N) is 1. The molecule has 138 valence electrons. The van der Waals surface area contributed by atoms with Crippen LogP contribution in [0.1, 0.15) is 25.3 Å². The van der Waals surface area contributed by atoms with Gasteiger partial charge in [0, 0.05) is 13.0 Å². The zero-order valence-corrected chi connectivity index (χ0v) is 16.2. The molecule has 1 N–H and O–H groups in total. The van der Waals surface area contributed by atoms with Gasteiger partial charge >= 0.3 is 0 Å². The summed E-state index contributed by atoms with van der Waals surface area (Å²) in [5, 5.41) is 3.41. The maximum Gasteiger partial charge on any atom is 0.244 e. The third-order valence-electron chi connectivity index (χ3n) is 3.99. The number of rotatable bonds is 8. The highest BCUT2D eigenvalue weighted by Gasteiger charge is 2.17. The Morgan fingerprint density at radius 3 is 2.27 bits per heavy atom. The van der Waals surface area contributed by atoms with Crippen molar-refractivity contribution in [2.24, 2.45) is 0 Å². The van der Waals surface area contributed by atoms with Gasteiger partial charge in [0.05, 0.1) is 22.3 Å². The Kier molecular flexibility index (Phi) is 7.95. The smallest absolute Gasteiger partial charge is 0.244 e. The van der Waals surface area contributed by atoms with Crippen molar-refractivity contribution in [2.75, 3.05) is 18.4 Å². The average Bonchev–Trinajstić information content (AvgIpc) is 2.63. The fourth-order valence-electron chi connectivity index (χ4n) is 2.59. The molecule has 6 heteroatoms. The van der Waals surface area contributed by atoms with Crippen LogP contribution in [0.25, 0.3) is 0 Å². The number of aryl methyl sites for hydroxylation is 1. The van der Waals surface area contributed by atoms with Crippen LogP contribution >= 0.6 is 23.2 Å². The van der Waals surface area contributed by atoms with E-state index in [1.165, 1.54) is 10.5 Å². The molecule has 0 saturated carbocycles. The highest BCUT2D eigenvalue weighted by Crippen LogP contribution is 2.29. The largest absolute Gasteiger partial charge is 0.334 e. The van der Waals surface area contributed by atoms with Crippen molar-refractivity contribution in [2.45, 2.75) is 26.2 Å². The normalized spacial score (nSPS) is 10.4. The van der Waals surface area contributed by atoms with Crippen LogP contribution < -0.4 is 5.32 Å². The molecule has 0 heterocycles. The maximum absolute atomic E-state index is 12.4. The molecule has 0 aromatic heterocycles. The summed E-state index contributed by atoms with van der Waals surface area (Å²) in [5.74, 6) is -0.359. The fraction of sp³-hybridized carbons (Fsp3) is 0.300. The van der Waals surface area contributed by atoms with Crippen molar-refractivity contribution in [3.05, 3.63) is 64.1 Å². The number of halogens is 2. The van der Waals surface area contributed by atoms with Gasteiger partial charge in [-0.1, -0.05) is 59.6 Å². The predicted octanol–water partition coefficient (Wildman–Crippen LogP) is 4.80. The Bertz CT molecular complexity index is 730. The third kappa shape index (κ3) is 6.04. The number of benzene rings is 2. The summed E-state index contributed by atoms with van der Waals surface area (Å²) in [6.07, 6.45) is 1.99.